The van der Waals surface area contributed by atoms with Gasteiger partial charge in [-0.1, -0.05) is 13.0 Å². The summed E-state index contributed by atoms with van der Waals surface area (Å²) in [6.45, 7) is 2.98. The van der Waals surface area contributed by atoms with Crippen molar-refractivity contribution in [3.05, 3.63) is 22.4 Å². The van der Waals surface area contributed by atoms with Gasteiger partial charge in [-0.2, -0.15) is 0 Å². The second kappa shape index (κ2) is 6.19. The summed E-state index contributed by atoms with van der Waals surface area (Å²) in [5.41, 5.74) is 0. The van der Waals surface area contributed by atoms with E-state index in [2.05, 4.69) is 0 Å². The number of carboxylic acid groups (broad SMARTS) is 1. The molecule has 104 valence electrons. The molecule has 0 spiro atoms. The lowest BCUT2D eigenvalue weighted by Gasteiger charge is -2.32. The third kappa shape index (κ3) is 3.56. The molecule has 1 aliphatic rings. The highest BCUT2D eigenvalue weighted by Gasteiger charge is 2.30. The van der Waals surface area contributed by atoms with Crippen LogP contribution in [0.5, 0.6) is 0 Å². The van der Waals surface area contributed by atoms with Gasteiger partial charge in [-0.15, -0.1) is 11.3 Å². The van der Waals surface area contributed by atoms with Crippen molar-refractivity contribution in [2.24, 2.45) is 11.8 Å². The summed E-state index contributed by atoms with van der Waals surface area (Å²) in [7, 11) is 0. The molecule has 1 aromatic heterocycles. The lowest BCUT2D eigenvalue weighted by atomic mass is 9.96. The normalized spacial score (nSPS) is 21.1. The number of hydrogen-bond donors (Lipinski definition) is 1. The predicted molar refractivity (Wildman–Crippen MR) is 74.1 cm³/mol. The molecule has 1 fully saturated rings. The Morgan fingerprint density at radius 3 is 3.00 bits per heavy atom. The van der Waals surface area contributed by atoms with Gasteiger partial charge in [0, 0.05) is 23.9 Å². The van der Waals surface area contributed by atoms with Gasteiger partial charge in [0.25, 0.3) is 0 Å². The number of hydrogen-bond acceptors (Lipinski definition) is 3. The summed E-state index contributed by atoms with van der Waals surface area (Å²) in [5, 5.41) is 11.1. The van der Waals surface area contributed by atoms with E-state index in [4.69, 9.17) is 5.11 Å². The monoisotopic (exact) mass is 281 g/mol. The van der Waals surface area contributed by atoms with Gasteiger partial charge in [0.2, 0.25) is 5.91 Å². The van der Waals surface area contributed by atoms with Crippen LogP contribution in [0.25, 0.3) is 0 Å². The summed E-state index contributed by atoms with van der Waals surface area (Å²) >= 11 is 1.66. The molecule has 1 aliphatic heterocycles. The van der Waals surface area contributed by atoms with Gasteiger partial charge in [-0.05, 0) is 30.7 Å². The van der Waals surface area contributed by atoms with Crippen LogP contribution in [-0.2, 0) is 16.0 Å². The number of likely N-dealkylation sites (tertiary alicyclic amines) is 1. The van der Waals surface area contributed by atoms with Crippen LogP contribution >= 0.6 is 11.3 Å². The van der Waals surface area contributed by atoms with E-state index in [0.29, 0.717) is 19.5 Å². The number of thiophene rings is 1. The maximum Gasteiger partial charge on any atom is 0.308 e. The summed E-state index contributed by atoms with van der Waals surface area (Å²) < 4.78 is 0. The molecule has 1 N–H and O–H groups in total. The van der Waals surface area contributed by atoms with Gasteiger partial charge in [0.15, 0.2) is 0 Å². The number of carbonyl (C=O) groups is 2. The highest BCUT2D eigenvalue weighted by atomic mass is 32.1. The van der Waals surface area contributed by atoms with Crippen molar-refractivity contribution in [3.8, 4) is 0 Å². The molecular weight excluding hydrogens is 262 g/mol. The van der Waals surface area contributed by atoms with Gasteiger partial charge in [-0.3, -0.25) is 9.59 Å². The van der Waals surface area contributed by atoms with Crippen LogP contribution in [0.2, 0.25) is 0 Å². The maximum atomic E-state index is 12.3. The molecule has 2 atom stereocenters. The summed E-state index contributed by atoms with van der Waals surface area (Å²) in [6.07, 6.45) is 2.21. The number of amides is 1. The van der Waals surface area contributed by atoms with Crippen LogP contribution in [0.1, 0.15) is 24.6 Å². The van der Waals surface area contributed by atoms with Gasteiger partial charge < -0.3 is 10.0 Å². The van der Waals surface area contributed by atoms with E-state index >= 15 is 0 Å². The molecular formula is C14H19NO3S. The zero-order valence-corrected chi connectivity index (χ0v) is 11.9. The van der Waals surface area contributed by atoms with Crippen molar-refractivity contribution in [2.45, 2.75) is 26.2 Å². The molecule has 0 bridgehead atoms. The molecule has 1 unspecified atom stereocenters. The largest absolute Gasteiger partial charge is 0.481 e. The van der Waals surface area contributed by atoms with Crippen LogP contribution in [0, 0.1) is 11.8 Å². The van der Waals surface area contributed by atoms with E-state index in [1.165, 1.54) is 4.88 Å². The molecule has 2 rings (SSSR count). The van der Waals surface area contributed by atoms with Crippen LogP contribution < -0.4 is 0 Å². The highest BCUT2D eigenvalue weighted by molar-refractivity contribution is 7.09. The smallest absolute Gasteiger partial charge is 0.308 e. The molecule has 1 amide bonds. The van der Waals surface area contributed by atoms with E-state index in [1.807, 2.05) is 24.4 Å². The molecule has 1 saturated heterocycles. The van der Waals surface area contributed by atoms with Crippen molar-refractivity contribution < 1.29 is 14.7 Å². The Morgan fingerprint density at radius 2 is 2.37 bits per heavy atom. The zero-order chi connectivity index (χ0) is 13.8. The molecule has 0 aliphatic carbocycles. The summed E-state index contributed by atoms with van der Waals surface area (Å²) in [6, 6.07) is 4.02. The number of rotatable bonds is 4. The minimum Gasteiger partial charge on any atom is -0.481 e. The Kier molecular flexibility index (Phi) is 4.58. The fraction of sp³-hybridized carbons (Fsp3) is 0.571. The minimum atomic E-state index is -0.789. The Hall–Kier alpha value is -1.36. The van der Waals surface area contributed by atoms with Crippen molar-refractivity contribution >= 4 is 23.2 Å². The quantitative estimate of drug-likeness (QED) is 0.921. The standard InChI is InChI=1S/C14H19NO3S/c1-10(8-12-5-3-7-19-12)13(16)15-6-2-4-11(9-15)14(17)18/h3,5,7,10-11H,2,4,6,8-9H2,1H3,(H,17,18)/t10?,11-/m0/s1. The Balaban J connectivity index is 1.93. The Morgan fingerprint density at radius 1 is 1.58 bits per heavy atom. The molecule has 0 aromatic carbocycles. The third-order valence-electron chi connectivity index (χ3n) is 3.59. The van der Waals surface area contributed by atoms with E-state index in [-0.39, 0.29) is 11.8 Å². The van der Waals surface area contributed by atoms with Crippen LogP contribution in [0.4, 0.5) is 0 Å². The highest BCUT2D eigenvalue weighted by Crippen LogP contribution is 2.21. The Labute approximate surface area is 117 Å². The summed E-state index contributed by atoms with van der Waals surface area (Å²) in [5.74, 6) is -1.18. The van der Waals surface area contributed by atoms with E-state index < -0.39 is 11.9 Å². The number of carboxylic acids is 1. The zero-order valence-electron chi connectivity index (χ0n) is 11.0. The van der Waals surface area contributed by atoms with Crippen LogP contribution in [-0.4, -0.2) is 35.0 Å². The van der Waals surface area contributed by atoms with Gasteiger partial charge >= 0.3 is 5.97 Å². The maximum absolute atomic E-state index is 12.3. The SMILES string of the molecule is CC(Cc1cccs1)C(=O)N1CCC[C@H](C(=O)O)C1. The molecule has 5 heteroatoms. The van der Waals surface area contributed by atoms with Gasteiger partial charge in [0.05, 0.1) is 5.92 Å². The lowest BCUT2D eigenvalue weighted by molar-refractivity contribution is -0.146. The molecule has 4 nitrogen and oxygen atoms in total. The first-order valence-corrected chi connectivity index (χ1v) is 7.50. The van der Waals surface area contributed by atoms with Crippen molar-refractivity contribution in [1.29, 1.82) is 0 Å². The van der Waals surface area contributed by atoms with Crippen LogP contribution in [0.3, 0.4) is 0 Å². The number of nitrogens with zero attached hydrogens (tertiary/aromatic N) is 1. The average Bonchev–Trinajstić information content (AvgIpc) is 2.90. The fourth-order valence-electron chi connectivity index (χ4n) is 2.51. The first kappa shape index (κ1) is 14.1. The van der Waals surface area contributed by atoms with E-state index in [1.54, 1.807) is 16.2 Å². The minimum absolute atomic E-state index is 0.0776. The lowest BCUT2D eigenvalue weighted by Crippen LogP contribution is -2.44. The second-order valence-electron chi connectivity index (χ2n) is 5.15. The van der Waals surface area contributed by atoms with Crippen LogP contribution in [0.15, 0.2) is 17.5 Å². The second-order valence-corrected chi connectivity index (χ2v) is 6.18. The topological polar surface area (TPSA) is 57.6 Å². The molecule has 1 aromatic rings. The number of aliphatic carboxylic acids is 1. The molecule has 19 heavy (non-hydrogen) atoms. The predicted octanol–water partition coefficient (Wildman–Crippen LogP) is 2.25. The number of carbonyl (C=O) groups excluding carboxylic acids is 1. The van der Waals surface area contributed by atoms with Crippen molar-refractivity contribution in [2.75, 3.05) is 13.1 Å². The Bertz CT molecular complexity index is 444. The molecule has 2 heterocycles. The van der Waals surface area contributed by atoms with Gasteiger partial charge in [0.1, 0.15) is 0 Å². The van der Waals surface area contributed by atoms with Crippen molar-refractivity contribution in [3.63, 3.8) is 0 Å². The molecule has 0 saturated carbocycles. The average molecular weight is 281 g/mol. The van der Waals surface area contributed by atoms with Gasteiger partial charge in [-0.25, -0.2) is 0 Å². The van der Waals surface area contributed by atoms with Crippen molar-refractivity contribution in [1.82, 2.24) is 4.90 Å². The fourth-order valence-corrected chi connectivity index (χ4v) is 3.34. The van der Waals surface area contributed by atoms with E-state index in [0.717, 1.165) is 12.8 Å². The summed E-state index contributed by atoms with van der Waals surface area (Å²) in [4.78, 5) is 26.3. The van der Waals surface area contributed by atoms with E-state index in [9.17, 15) is 9.59 Å². The first-order chi connectivity index (χ1) is 9.08. The first-order valence-electron chi connectivity index (χ1n) is 6.62. The number of piperidine rings is 1. The molecule has 0 radical (unpaired) electrons. The third-order valence-corrected chi connectivity index (χ3v) is 4.49.